The van der Waals surface area contributed by atoms with Gasteiger partial charge in [0, 0.05) is 24.7 Å². The number of hydrogen-bond donors (Lipinski definition) is 1. The molecule has 1 aliphatic rings. The van der Waals surface area contributed by atoms with Crippen molar-refractivity contribution in [2.75, 3.05) is 6.54 Å². The van der Waals surface area contributed by atoms with Gasteiger partial charge in [-0.2, -0.15) is 5.10 Å². The number of hydrogen-bond acceptors (Lipinski definition) is 2. The van der Waals surface area contributed by atoms with Gasteiger partial charge in [-0.3, -0.25) is 4.68 Å². The Morgan fingerprint density at radius 1 is 1.37 bits per heavy atom. The Kier molecular flexibility index (Phi) is 5.44. The average molecular weight is 263 g/mol. The van der Waals surface area contributed by atoms with E-state index in [0.29, 0.717) is 6.04 Å². The number of nitrogens with zero attached hydrogens (tertiary/aromatic N) is 2. The second-order valence-corrected chi connectivity index (χ2v) is 5.94. The molecule has 1 aromatic rings. The number of likely N-dealkylation sites (N-methyl/N-ethyl adjacent to an activating group) is 1. The first kappa shape index (κ1) is 14.6. The minimum atomic E-state index is 0.620. The minimum Gasteiger partial charge on any atom is -0.314 e. The van der Waals surface area contributed by atoms with E-state index in [1.54, 1.807) is 0 Å². The lowest BCUT2D eigenvalue weighted by Crippen LogP contribution is -2.33. The summed E-state index contributed by atoms with van der Waals surface area (Å²) in [7, 11) is 0. The molecule has 3 heteroatoms. The predicted octanol–water partition coefficient (Wildman–Crippen LogP) is 3.31. The van der Waals surface area contributed by atoms with Gasteiger partial charge < -0.3 is 5.32 Å². The second kappa shape index (κ2) is 7.09. The topological polar surface area (TPSA) is 29.9 Å². The van der Waals surface area contributed by atoms with Crippen LogP contribution in [-0.2, 0) is 13.0 Å². The van der Waals surface area contributed by atoms with Gasteiger partial charge in [-0.15, -0.1) is 0 Å². The Hall–Kier alpha value is -0.830. The summed E-state index contributed by atoms with van der Waals surface area (Å²) in [6.45, 7) is 8.52. The van der Waals surface area contributed by atoms with E-state index >= 15 is 0 Å². The summed E-state index contributed by atoms with van der Waals surface area (Å²) < 4.78 is 2.16. The Labute approximate surface area is 117 Å². The number of aromatic nitrogens is 2. The van der Waals surface area contributed by atoms with Gasteiger partial charge in [0.1, 0.15) is 0 Å². The minimum absolute atomic E-state index is 0.620. The fourth-order valence-electron chi connectivity index (χ4n) is 3.47. The third kappa shape index (κ3) is 4.07. The van der Waals surface area contributed by atoms with Crippen LogP contribution >= 0.6 is 0 Å². The van der Waals surface area contributed by atoms with Crippen molar-refractivity contribution >= 4 is 0 Å². The van der Waals surface area contributed by atoms with Crippen molar-refractivity contribution in [3.8, 4) is 0 Å². The van der Waals surface area contributed by atoms with Gasteiger partial charge in [0.2, 0.25) is 0 Å². The van der Waals surface area contributed by atoms with Crippen LogP contribution in [0.4, 0.5) is 0 Å². The molecule has 19 heavy (non-hydrogen) atoms. The highest BCUT2D eigenvalue weighted by atomic mass is 15.3. The summed E-state index contributed by atoms with van der Waals surface area (Å²) in [5, 5.41) is 8.24. The summed E-state index contributed by atoms with van der Waals surface area (Å²) in [6, 6.07) is 2.87. The van der Waals surface area contributed by atoms with Crippen molar-refractivity contribution in [1.29, 1.82) is 0 Å². The molecular formula is C16H29N3. The van der Waals surface area contributed by atoms with Crippen LogP contribution < -0.4 is 5.32 Å². The van der Waals surface area contributed by atoms with Crippen LogP contribution in [0.1, 0.15) is 57.3 Å². The van der Waals surface area contributed by atoms with E-state index in [1.165, 1.54) is 37.8 Å². The quantitative estimate of drug-likeness (QED) is 0.818. The van der Waals surface area contributed by atoms with Crippen molar-refractivity contribution in [2.45, 2.75) is 71.9 Å². The third-order valence-electron chi connectivity index (χ3n) is 4.33. The van der Waals surface area contributed by atoms with E-state index in [0.717, 1.165) is 31.1 Å². The van der Waals surface area contributed by atoms with Crippen molar-refractivity contribution in [2.24, 2.45) is 5.92 Å². The van der Waals surface area contributed by atoms with Crippen molar-refractivity contribution in [3.63, 3.8) is 0 Å². The van der Waals surface area contributed by atoms with Crippen LogP contribution in [0.25, 0.3) is 0 Å². The molecule has 0 aliphatic heterocycles. The summed E-state index contributed by atoms with van der Waals surface area (Å²) in [5.41, 5.74) is 2.54. The Bertz CT molecular complexity index is 377. The molecule has 1 fully saturated rings. The predicted molar refractivity (Wildman–Crippen MR) is 80.4 cm³/mol. The molecule has 1 aromatic heterocycles. The van der Waals surface area contributed by atoms with Crippen LogP contribution in [0.15, 0.2) is 6.07 Å². The van der Waals surface area contributed by atoms with Gasteiger partial charge in [0.15, 0.2) is 0 Å². The molecule has 2 rings (SSSR count). The standard InChI is InChI=1S/C16H29N3/c1-4-17-15(11-14-8-6-7-9-14)12-16-10-13(3)18-19(16)5-2/h10,14-15,17H,4-9,11-12H2,1-3H3. The number of nitrogens with one attached hydrogen (secondary N) is 1. The molecule has 1 aliphatic carbocycles. The molecule has 0 aromatic carbocycles. The highest BCUT2D eigenvalue weighted by Crippen LogP contribution is 2.29. The van der Waals surface area contributed by atoms with Gasteiger partial charge in [0.05, 0.1) is 5.69 Å². The van der Waals surface area contributed by atoms with E-state index in [1.807, 2.05) is 0 Å². The van der Waals surface area contributed by atoms with Crippen LogP contribution in [0.2, 0.25) is 0 Å². The lowest BCUT2D eigenvalue weighted by Gasteiger charge is -2.21. The zero-order valence-corrected chi connectivity index (χ0v) is 12.8. The first-order valence-corrected chi connectivity index (χ1v) is 7.99. The van der Waals surface area contributed by atoms with E-state index in [4.69, 9.17) is 0 Å². The summed E-state index contributed by atoms with van der Waals surface area (Å²) in [4.78, 5) is 0. The SMILES string of the molecule is CCNC(Cc1cc(C)nn1CC)CC1CCCC1. The second-order valence-electron chi connectivity index (χ2n) is 5.94. The Morgan fingerprint density at radius 2 is 2.11 bits per heavy atom. The first-order valence-electron chi connectivity index (χ1n) is 7.99. The smallest absolute Gasteiger partial charge is 0.0596 e. The summed E-state index contributed by atoms with van der Waals surface area (Å²) in [6.07, 6.45) is 8.22. The molecule has 0 saturated heterocycles. The molecule has 1 saturated carbocycles. The maximum atomic E-state index is 4.56. The Morgan fingerprint density at radius 3 is 2.74 bits per heavy atom. The molecule has 0 spiro atoms. The maximum Gasteiger partial charge on any atom is 0.0596 e. The van der Waals surface area contributed by atoms with Gasteiger partial charge in [-0.1, -0.05) is 32.6 Å². The molecule has 0 bridgehead atoms. The van der Waals surface area contributed by atoms with E-state index in [9.17, 15) is 0 Å². The fraction of sp³-hybridized carbons (Fsp3) is 0.812. The lowest BCUT2D eigenvalue weighted by molar-refractivity contribution is 0.383. The van der Waals surface area contributed by atoms with Gasteiger partial charge in [-0.25, -0.2) is 0 Å². The molecule has 108 valence electrons. The summed E-state index contributed by atoms with van der Waals surface area (Å²) in [5.74, 6) is 0.947. The summed E-state index contributed by atoms with van der Waals surface area (Å²) >= 11 is 0. The zero-order chi connectivity index (χ0) is 13.7. The fourth-order valence-corrected chi connectivity index (χ4v) is 3.47. The van der Waals surface area contributed by atoms with E-state index in [-0.39, 0.29) is 0 Å². The molecule has 1 N–H and O–H groups in total. The highest BCUT2D eigenvalue weighted by Gasteiger charge is 2.21. The molecule has 1 heterocycles. The van der Waals surface area contributed by atoms with Gasteiger partial charge >= 0.3 is 0 Å². The molecule has 0 radical (unpaired) electrons. The van der Waals surface area contributed by atoms with Gasteiger partial charge in [0.25, 0.3) is 0 Å². The monoisotopic (exact) mass is 263 g/mol. The Balaban J connectivity index is 1.97. The van der Waals surface area contributed by atoms with Crippen molar-refractivity contribution in [3.05, 3.63) is 17.5 Å². The first-order chi connectivity index (χ1) is 9.22. The lowest BCUT2D eigenvalue weighted by atomic mass is 9.95. The molecule has 0 amide bonds. The van der Waals surface area contributed by atoms with Gasteiger partial charge in [-0.05, 0) is 38.8 Å². The largest absolute Gasteiger partial charge is 0.314 e. The zero-order valence-electron chi connectivity index (χ0n) is 12.8. The third-order valence-corrected chi connectivity index (χ3v) is 4.33. The van der Waals surface area contributed by atoms with Crippen LogP contribution in [-0.4, -0.2) is 22.4 Å². The van der Waals surface area contributed by atoms with Crippen LogP contribution in [0, 0.1) is 12.8 Å². The molecule has 1 atom stereocenters. The normalized spacial score (nSPS) is 18.1. The molecular weight excluding hydrogens is 234 g/mol. The van der Waals surface area contributed by atoms with Crippen molar-refractivity contribution in [1.82, 2.24) is 15.1 Å². The highest BCUT2D eigenvalue weighted by molar-refractivity contribution is 5.10. The van der Waals surface area contributed by atoms with Crippen LogP contribution in [0.5, 0.6) is 0 Å². The average Bonchev–Trinajstić information content (AvgIpc) is 2.99. The maximum absolute atomic E-state index is 4.56. The molecule has 3 nitrogen and oxygen atoms in total. The van der Waals surface area contributed by atoms with Crippen LogP contribution in [0.3, 0.4) is 0 Å². The van der Waals surface area contributed by atoms with Crippen molar-refractivity contribution < 1.29 is 0 Å². The number of rotatable bonds is 7. The van der Waals surface area contributed by atoms with E-state index in [2.05, 4.69) is 41.9 Å². The van der Waals surface area contributed by atoms with E-state index < -0.39 is 0 Å². The number of aryl methyl sites for hydroxylation is 2. The molecule has 1 unspecified atom stereocenters.